The quantitative estimate of drug-likeness (QED) is 0.749. The number of ketones is 1. The molecule has 1 aliphatic rings. The van der Waals surface area contributed by atoms with Gasteiger partial charge in [-0.25, -0.2) is 4.79 Å². The fraction of sp³-hybridized carbons (Fsp3) is 0.800. The molecular formula is C15H27N3O4. The van der Waals surface area contributed by atoms with Gasteiger partial charge in [0.25, 0.3) is 0 Å². The number of nitrogens with one attached hydrogen (secondary N) is 2. The summed E-state index contributed by atoms with van der Waals surface area (Å²) in [6.07, 6.45) is 0.520. The van der Waals surface area contributed by atoms with Crippen molar-refractivity contribution in [3.63, 3.8) is 0 Å². The molecule has 1 heterocycles. The zero-order valence-electron chi connectivity index (χ0n) is 13.8. The Morgan fingerprint density at radius 3 is 2.18 bits per heavy atom. The lowest BCUT2D eigenvalue weighted by Gasteiger charge is -2.29. The number of amides is 3. The normalized spacial score (nSPS) is 17.8. The maximum absolute atomic E-state index is 12.3. The van der Waals surface area contributed by atoms with Crippen molar-refractivity contribution in [3.8, 4) is 0 Å². The smallest absolute Gasteiger partial charge is 0.318 e. The number of rotatable bonds is 6. The lowest BCUT2D eigenvalue weighted by molar-refractivity contribution is -0.128. The molecule has 22 heavy (non-hydrogen) atoms. The molecule has 0 aliphatic carbocycles. The molecule has 1 fully saturated rings. The zero-order valence-corrected chi connectivity index (χ0v) is 13.8. The summed E-state index contributed by atoms with van der Waals surface area (Å²) in [5.41, 5.74) is 0. The molecule has 1 aliphatic heterocycles. The minimum atomic E-state index is -0.642. The molecule has 0 saturated carbocycles. The number of nitrogens with zero attached hydrogens (tertiary/aromatic N) is 1. The molecular weight excluding hydrogens is 286 g/mol. The molecule has 0 bridgehead atoms. The summed E-state index contributed by atoms with van der Waals surface area (Å²) in [6, 6.07) is -1.46. The fourth-order valence-electron chi connectivity index (χ4n) is 2.13. The van der Waals surface area contributed by atoms with Crippen LogP contribution in [-0.2, 0) is 14.3 Å². The van der Waals surface area contributed by atoms with Crippen molar-refractivity contribution in [1.82, 2.24) is 15.5 Å². The number of carbonyl (C=O) groups is 3. The van der Waals surface area contributed by atoms with Crippen molar-refractivity contribution in [3.05, 3.63) is 0 Å². The third-order valence-electron chi connectivity index (χ3n) is 3.59. The number of hydrogen-bond donors (Lipinski definition) is 2. The van der Waals surface area contributed by atoms with Crippen LogP contribution in [0.4, 0.5) is 4.79 Å². The molecule has 0 aromatic heterocycles. The van der Waals surface area contributed by atoms with Crippen LogP contribution in [-0.4, -0.2) is 61.0 Å². The SMILES string of the molecule is CC(=O)[C@H](C)NC(=O)[C@H](CC(C)C)NC(=O)N1CCOCC1. The Kier molecular flexibility index (Phi) is 7.31. The summed E-state index contributed by atoms with van der Waals surface area (Å²) >= 11 is 0. The molecule has 7 nitrogen and oxygen atoms in total. The lowest BCUT2D eigenvalue weighted by atomic mass is 10.0. The van der Waals surface area contributed by atoms with Crippen molar-refractivity contribution < 1.29 is 19.1 Å². The number of morpholine rings is 1. The highest BCUT2D eigenvalue weighted by Crippen LogP contribution is 2.07. The van der Waals surface area contributed by atoms with E-state index in [1.165, 1.54) is 6.92 Å². The molecule has 2 atom stereocenters. The first kappa shape index (κ1) is 18.4. The molecule has 7 heteroatoms. The van der Waals surface area contributed by atoms with Crippen LogP contribution in [0.15, 0.2) is 0 Å². The van der Waals surface area contributed by atoms with Gasteiger partial charge in [0, 0.05) is 13.1 Å². The van der Waals surface area contributed by atoms with Gasteiger partial charge in [-0.05, 0) is 26.2 Å². The van der Waals surface area contributed by atoms with E-state index in [2.05, 4.69) is 10.6 Å². The third kappa shape index (κ3) is 6.01. The third-order valence-corrected chi connectivity index (χ3v) is 3.59. The van der Waals surface area contributed by atoms with E-state index in [9.17, 15) is 14.4 Å². The van der Waals surface area contributed by atoms with Crippen LogP contribution in [0.25, 0.3) is 0 Å². The fourth-order valence-corrected chi connectivity index (χ4v) is 2.13. The van der Waals surface area contributed by atoms with Gasteiger partial charge >= 0.3 is 6.03 Å². The predicted octanol–water partition coefficient (Wildman–Crippen LogP) is 0.537. The highest BCUT2D eigenvalue weighted by molar-refractivity contribution is 5.91. The second-order valence-corrected chi connectivity index (χ2v) is 6.07. The standard InChI is InChI=1S/C15H27N3O4/c1-10(2)9-13(14(20)16-11(3)12(4)19)17-15(21)18-5-7-22-8-6-18/h10-11,13H,5-9H2,1-4H3,(H,16,20)(H,17,21)/t11-,13-/m0/s1. The number of carbonyl (C=O) groups excluding carboxylic acids is 3. The summed E-state index contributed by atoms with van der Waals surface area (Å²) in [5.74, 6) is -0.192. The molecule has 0 spiro atoms. The maximum atomic E-state index is 12.3. The van der Waals surface area contributed by atoms with Crippen molar-refractivity contribution in [2.24, 2.45) is 5.92 Å². The van der Waals surface area contributed by atoms with E-state index in [-0.39, 0.29) is 23.6 Å². The van der Waals surface area contributed by atoms with Crippen LogP contribution < -0.4 is 10.6 Å². The summed E-state index contributed by atoms with van der Waals surface area (Å²) in [6.45, 7) is 9.08. The Balaban J connectivity index is 2.64. The van der Waals surface area contributed by atoms with Crippen molar-refractivity contribution in [2.75, 3.05) is 26.3 Å². The van der Waals surface area contributed by atoms with Gasteiger partial charge in [-0.1, -0.05) is 13.8 Å². The van der Waals surface area contributed by atoms with Crippen LogP contribution in [0.3, 0.4) is 0 Å². The van der Waals surface area contributed by atoms with Gasteiger partial charge in [0.15, 0.2) is 5.78 Å². The molecule has 0 unspecified atom stereocenters. The van der Waals surface area contributed by atoms with E-state index in [1.807, 2.05) is 13.8 Å². The predicted molar refractivity (Wildman–Crippen MR) is 82.5 cm³/mol. The van der Waals surface area contributed by atoms with E-state index in [4.69, 9.17) is 4.74 Å². The van der Waals surface area contributed by atoms with Crippen LogP contribution in [0.2, 0.25) is 0 Å². The summed E-state index contributed by atoms with van der Waals surface area (Å²) in [5, 5.41) is 5.42. The van der Waals surface area contributed by atoms with Gasteiger partial charge in [0.2, 0.25) is 5.91 Å². The van der Waals surface area contributed by atoms with E-state index >= 15 is 0 Å². The molecule has 1 saturated heterocycles. The van der Waals surface area contributed by atoms with Crippen LogP contribution >= 0.6 is 0 Å². The first-order valence-electron chi connectivity index (χ1n) is 7.75. The molecule has 0 radical (unpaired) electrons. The van der Waals surface area contributed by atoms with Crippen LogP contribution in [0.1, 0.15) is 34.1 Å². The van der Waals surface area contributed by atoms with E-state index in [0.29, 0.717) is 32.7 Å². The van der Waals surface area contributed by atoms with Gasteiger partial charge < -0.3 is 20.3 Å². The highest BCUT2D eigenvalue weighted by Gasteiger charge is 2.26. The van der Waals surface area contributed by atoms with Crippen molar-refractivity contribution in [1.29, 1.82) is 0 Å². The first-order valence-corrected chi connectivity index (χ1v) is 7.75. The monoisotopic (exact) mass is 313 g/mol. The molecule has 0 aromatic carbocycles. The maximum Gasteiger partial charge on any atom is 0.318 e. The Labute approximate surface area is 131 Å². The van der Waals surface area contributed by atoms with Gasteiger partial charge in [0.05, 0.1) is 19.3 Å². The van der Waals surface area contributed by atoms with Gasteiger partial charge in [-0.3, -0.25) is 9.59 Å². The topological polar surface area (TPSA) is 87.7 Å². The average molecular weight is 313 g/mol. The summed E-state index contributed by atoms with van der Waals surface area (Å²) in [4.78, 5) is 37.4. The number of hydrogen-bond acceptors (Lipinski definition) is 4. The Hall–Kier alpha value is -1.63. The van der Waals surface area contributed by atoms with E-state index < -0.39 is 12.1 Å². The highest BCUT2D eigenvalue weighted by atomic mass is 16.5. The molecule has 3 amide bonds. The minimum Gasteiger partial charge on any atom is -0.378 e. The Morgan fingerprint density at radius 2 is 1.68 bits per heavy atom. The van der Waals surface area contributed by atoms with Crippen molar-refractivity contribution >= 4 is 17.7 Å². The second kappa shape index (κ2) is 8.73. The number of ether oxygens (including phenoxy) is 1. The minimum absolute atomic E-state index is 0.115. The average Bonchev–Trinajstić information content (AvgIpc) is 2.46. The van der Waals surface area contributed by atoms with Gasteiger partial charge in [-0.15, -0.1) is 0 Å². The van der Waals surface area contributed by atoms with Gasteiger partial charge in [-0.2, -0.15) is 0 Å². The second-order valence-electron chi connectivity index (χ2n) is 6.07. The molecule has 0 aromatic rings. The Bertz CT molecular complexity index is 406. The Morgan fingerprint density at radius 1 is 1.09 bits per heavy atom. The number of Topliss-reactive ketones (excluding diaryl/α,β-unsaturated/α-hetero) is 1. The zero-order chi connectivity index (χ0) is 16.7. The van der Waals surface area contributed by atoms with Crippen LogP contribution in [0.5, 0.6) is 0 Å². The largest absolute Gasteiger partial charge is 0.378 e. The lowest BCUT2D eigenvalue weighted by Crippen LogP contribution is -2.55. The van der Waals surface area contributed by atoms with E-state index in [1.54, 1.807) is 11.8 Å². The molecule has 126 valence electrons. The first-order chi connectivity index (χ1) is 10.3. The van der Waals surface area contributed by atoms with Gasteiger partial charge in [0.1, 0.15) is 6.04 Å². The summed E-state index contributed by atoms with van der Waals surface area (Å²) in [7, 11) is 0. The summed E-state index contributed by atoms with van der Waals surface area (Å²) < 4.78 is 5.21. The van der Waals surface area contributed by atoms with E-state index in [0.717, 1.165) is 0 Å². The van der Waals surface area contributed by atoms with Crippen LogP contribution in [0, 0.1) is 5.92 Å². The molecule has 1 rings (SSSR count). The molecule has 2 N–H and O–H groups in total. The van der Waals surface area contributed by atoms with Crippen molar-refractivity contribution in [2.45, 2.75) is 46.2 Å². The number of urea groups is 1.